The molecule has 9 heteroatoms. The van der Waals surface area contributed by atoms with Gasteiger partial charge in [0.1, 0.15) is 11.5 Å². The van der Waals surface area contributed by atoms with Gasteiger partial charge in [0.05, 0.1) is 61.2 Å². The zero-order chi connectivity index (χ0) is 41.6. The minimum atomic E-state index is 0.691. The molecule has 0 bridgehead atoms. The van der Waals surface area contributed by atoms with Crippen molar-refractivity contribution in [2.24, 2.45) is 0 Å². The summed E-state index contributed by atoms with van der Waals surface area (Å²) < 4.78 is 19.8. The topological polar surface area (TPSA) is 63.0 Å². The maximum Gasteiger partial charge on any atom is 0.269 e. The average Bonchev–Trinajstić information content (AvgIpc) is 4.16. The first kappa shape index (κ1) is 35.1. The van der Waals surface area contributed by atoms with Crippen LogP contribution in [0.5, 0.6) is 11.5 Å². The van der Waals surface area contributed by atoms with Crippen LogP contribution in [-0.4, -0.2) is 32.6 Å². The zero-order valence-corrected chi connectivity index (χ0v) is 34.0. The normalized spacial score (nSPS) is 11.9. The Bertz CT molecular complexity index is 3870. The Labute approximate surface area is 360 Å². The highest BCUT2D eigenvalue weighted by molar-refractivity contribution is 6.09. The Hall–Kier alpha value is -8.69. The van der Waals surface area contributed by atoms with Gasteiger partial charge in [-0.3, -0.25) is 18.1 Å². The van der Waals surface area contributed by atoms with Crippen molar-refractivity contribution in [1.82, 2.24) is 32.6 Å². The molecule has 0 spiro atoms. The number of fused-ring (bicyclic) bond motifs is 9. The highest BCUT2D eigenvalue weighted by Crippen LogP contribution is 2.36. The van der Waals surface area contributed by atoms with Crippen LogP contribution in [0.2, 0.25) is 0 Å². The van der Waals surface area contributed by atoms with Gasteiger partial charge in [-0.1, -0.05) is 109 Å². The summed E-state index contributed by atoms with van der Waals surface area (Å²) in [6.07, 6.45) is 7.57. The molecule has 0 N–H and O–H groups in total. The van der Waals surface area contributed by atoms with E-state index in [0.29, 0.717) is 11.5 Å². The molecule has 5 heterocycles. The van der Waals surface area contributed by atoms with Crippen molar-refractivity contribution in [2.45, 2.75) is 6.92 Å². The molecule has 9 nitrogen and oxygen atoms in total. The second-order valence-electron chi connectivity index (χ2n) is 15.8. The predicted molar refractivity (Wildman–Crippen MR) is 249 cm³/mol. The molecule has 0 amide bonds. The highest BCUT2D eigenvalue weighted by atomic mass is 16.5. The van der Waals surface area contributed by atoms with Crippen molar-refractivity contribution in [2.75, 3.05) is 0 Å². The number of aromatic nitrogens is 8. The van der Waals surface area contributed by atoms with Crippen LogP contribution in [0.4, 0.5) is 0 Å². The fourth-order valence-corrected chi connectivity index (χ4v) is 9.38. The smallest absolute Gasteiger partial charge is 0.269 e. The molecule has 0 atom stereocenters. The summed E-state index contributed by atoms with van der Waals surface area (Å²) in [7, 11) is 0. The first-order chi connectivity index (χ1) is 31.2. The van der Waals surface area contributed by atoms with Crippen molar-refractivity contribution in [1.29, 1.82) is 0 Å². The number of nitrogens with zero attached hydrogens (tertiary/aromatic N) is 8. The highest BCUT2D eigenvalue weighted by Gasteiger charge is 2.23. The van der Waals surface area contributed by atoms with Crippen LogP contribution in [0.25, 0.3) is 89.4 Å². The third-order valence-corrected chi connectivity index (χ3v) is 12.2. The molecule has 0 radical (unpaired) electrons. The number of hydrogen-bond donors (Lipinski definition) is 0. The van der Waals surface area contributed by atoms with E-state index in [9.17, 15) is 0 Å². The number of imidazole rings is 4. The number of ether oxygens (including phenoxy) is 1. The molecule has 0 aliphatic heterocycles. The summed E-state index contributed by atoms with van der Waals surface area (Å²) in [6, 6.07) is 65.3. The van der Waals surface area contributed by atoms with E-state index in [1.165, 1.54) is 10.8 Å². The molecule has 0 unspecified atom stereocenters. The molecule has 298 valence electrons. The standard InChI is InChI=1S/C54H36N8O/c1-36-15-13-28-50-52(36)56-54-61(50)49-30-29-40(34-51(49)62(54)53-55-31-32-57(53)37-16-3-2-4-17-37)63-39-19-14-18-38(33-39)58-35-59(46-25-10-9-24-45(46)58)47-26-11-12-27-48(47)60-43-22-7-5-20-41(43)42-21-6-8-23-44(42)60/h2-34H,1H3. The minimum absolute atomic E-state index is 0.691. The van der Waals surface area contributed by atoms with E-state index in [1.807, 2.05) is 48.8 Å². The number of aryl methyl sites for hydroxylation is 1. The van der Waals surface area contributed by atoms with Crippen molar-refractivity contribution >= 4 is 60.7 Å². The van der Waals surface area contributed by atoms with Crippen molar-refractivity contribution in [3.8, 4) is 40.2 Å². The van der Waals surface area contributed by atoms with Gasteiger partial charge in [0.2, 0.25) is 11.7 Å². The molecule has 5 aromatic heterocycles. The molecule has 63 heavy (non-hydrogen) atoms. The summed E-state index contributed by atoms with van der Waals surface area (Å²) in [5, 5.41) is 2.44. The van der Waals surface area contributed by atoms with Gasteiger partial charge in [-0.25, -0.2) is 14.5 Å². The van der Waals surface area contributed by atoms with Crippen molar-refractivity contribution < 1.29 is 9.30 Å². The maximum absolute atomic E-state index is 6.76. The fourth-order valence-electron chi connectivity index (χ4n) is 9.38. The third-order valence-electron chi connectivity index (χ3n) is 12.2. The monoisotopic (exact) mass is 812 g/mol. The van der Waals surface area contributed by atoms with Gasteiger partial charge < -0.3 is 9.30 Å². The van der Waals surface area contributed by atoms with Crippen molar-refractivity contribution in [3.05, 3.63) is 212 Å². The molecule has 0 aliphatic rings. The Kier molecular flexibility index (Phi) is 7.62. The third kappa shape index (κ3) is 5.33. The zero-order valence-electron chi connectivity index (χ0n) is 34.0. The van der Waals surface area contributed by atoms with E-state index in [4.69, 9.17) is 14.7 Å². The van der Waals surface area contributed by atoms with Gasteiger partial charge in [-0.2, -0.15) is 0 Å². The van der Waals surface area contributed by atoms with Crippen LogP contribution in [0.1, 0.15) is 5.56 Å². The summed E-state index contributed by atoms with van der Waals surface area (Å²) in [5.74, 6) is 2.90. The fraction of sp³-hybridized carbons (Fsp3) is 0.0185. The Balaban J connectivity index is 0.930. The summed E-state index contributed by atoms with van der Waals surface area (Å²) in [6.45, 7) is 2.10. The quantitative estimate of drug-likeness (QED) is 0.119. The van der Waals surface area contributed by atoms with Gasteiger partial charge >= 0.3 is 0 Å². The Morgan fingerprint density at radius 2 is 1.22 bits per heavy atom. The lowest BCUT2D eigenvalue weighted by Gasteiger charge is -2.14. The predicted octanol–water partition coefficient (Wildman–Crippen LogP) is 11.8. The number of hydrogen-bond acceptors (Lipinski definition) is 3. The number of rotatable bonds is 7. The van der Waals surface area contributed by atoms with Crippen molar-refractivity contribution in [3.63, 3.8) is 0 Å². The van der Waals surface area contributed by atoms with Gasteiger partial charge in [0, 0.05) is 34.9 Å². The molecule has 0 aliphatic carbocycles. The van der Waals surface area contributed by atoms with E-state index >= 15 is 0 Å². The molecule has 13 aromatic rings. The molecule has 0 saturated carbocycles. The molecular formula is C54H36N8O. The SMILES string of the molecule is Cc1cccc2c1nc1n(-c3nccn3-c3ccccc3)c3cc(Oc4cccc(-n5[c-][n+](-c6ccccc6-n6c7ccccc7c7ccccc76)c6ccccc65)c4)ccc3n21. The largest absolute Gasteiger partial charge is 0.458 e. The first-order valence-electron chi connectivity index (χ1n) is 21.0. The lowest BCUT2D eigenvalue weighted by atomic mass is 10.2. The summed E-state index contributed by atoms with van der Waals surface area (Å²) in [4.78, 5) is 10.1. The van der Waals surface area contributed by atoms with E-state index in [2.05, 4.69) is 192 Å². The Morgan fingerprint density at radius 1 is 0.540 bits per heavy atom. The molecule has 0 saturated heterocycles. The maximum atomic E-state index is 6.76. The minimum Gasteiger partial charge on any atom is -0.458 e. The lowest BCUT2D eigenvalue weighted by Crippen LogP contribution is -2.31. The Morgan fingerprint density at radius 3 is 2.06 bits per heavy atom. The van der Waals surface area contributed by atoms with Crippen LogP contribution in [0.15, 0.2) is 200 Å². The van der Waals surface area contributed by atoms with Gasteiger partial charge in [-0.15, -0.1) is 0 Å². The number of para-hydroxylation sites is 8. The van der Waals surface area contributed by atoms with E-state index in [-0.39, 0.29) is 0 Å². The van der Waals surface area contributed by atoms with E-state index < -0.39 is 0 Å². The van der Waals surface area contributed by atoms with Crippen LogP contribution in [0.3, 0.4) is 0 Å². The molecular weight excluding hydrogens is 777 g/mol. The summed E-state index contributed by atoms with van der Waals surface area (Å²) >= 11 is 0. The number of benzene rings is 8. The van der Waals surface area contributed by atoms with Gasteiger partial charge in [0.25, 0.3) is 6.33 Å². The van der Waals surface area contributed by atoms with Crippen LogP contribution in [-0.2, 0) is 0 Å². The molecule has 13 rings (SSSR count). The van der Waals surface area contributed by atoms with Crippen LogP contribution in [0, 0.1) is 13.3 Å². The second-order valence-corrected chi connectivity index (χ2v) is 15.8. The van der Waals surface area contributed by atoms with Crippen LogP contribution >= 0.6 is 0 Å². The molecule has 8 aromatic carbocycles. The molecule has 0 fully saturated rings. The van der Waals surface area contributed by atoms with Gasteiger partial charge in [0.15, 0.2) is 0 Å². The second kappa shape index (κ2) is 13.7. The summed E-state index contributed by atoms with van der Waals surface area (Å²) in [5.41, 5.74) is 13.4. The lowest BCUT2D eigenvalue weighted by molar-refractivity contribution is -0.572. The average molecular weight is 813 g/mol. The first-order valence-corrected chi connectivity index (χ1v) is 21.0. The van der Waals surface area contributed by atoms with E-state index in [0.717, 1.165) is 84.2 Å². The van der Waals surface area contributed by atoms with Crippen LogP contribution < -0.4 is 9.30 Å². The van der Waals surface area contributed by atoms with E-state index in [1.54, 1.807) is 0 Å². The van der Waals surface area contributed by atoms with Gasteiger partial charge in [-0.05, 0) is 85.3 Å².